The number of aliphatic carboxylic acids is 1. The standard InChI is InChI=1S/C36H44N6O5S/c1-5-21-41(8-4)36(46)47-28-18-16-27(17-19-28)24-29(34(44)45)38-32-30(25-37-35(39-32)40(6-2)7-3)42(33(43)31-15-12-23-48-31)22-20-26-13-10-9-11-14-26/h9-19,23,25,29H,5-8,20-22,24H2,1-4H3,(H,44,45)(H,37,38,39). The fourth-order valence-corrected chi connectivity index (χ4v) is 5.86. The Hall–Kier alpha value is -4.97. The second-order valence-electron chi connectivity index (χ2n) is 11.1. The molecule has 2 heterocycles. The molecule has 2 aromatic heterocycles. The van der Waals surface area contributed by atoms with Crippen LogP contribution in [0.4, 0.5) is 22.2 Å². The molecule has 2 aromatic carbocycles. The first-order chi connectivity index (χ1) is 23.3. The minimum atomic E-state index is -1.09. The second kappa shape index (κ2) is 17.8. The van der Waals surface area contributed by atoms with Gasteiger partial charge >= 0.3 is 12.1 Å². The van der Waals surface area contributed by atoms with E-state index in [-0.39, 0.29) is 18.1 Å². The number of anilines is 3. The average Bonchev–Trinajstić information content (AvgIpc) is 3.65. The Morgan fingerprint density at radius 1 is 0.896 bits per heavy atom. The van der Waals surface area contributed by atoms with Gasteiger partial charge in [0, 0.05) is 39.1 Å². The van der Waals surface area contributed by atoms with Crippen LogP contribution in [-0.4, -0.2) is 76.7 Å². The highest BCUT2D eigenvalue weighted by Gasteiger charge is 2.27. The van der Waals surface area contributed by atoms with Gasteiger partial charge in [0.25, 0.3) is 5.91 Å². The minimum absolute atomic E-state index is 0.105. The Balaban J connectivity index is 1.64. The number of carboxylic acid groups (broad SMARTS) is 1. The van der Waals surface area contributed by atoms with Gasteiger partial charge in [-0.25, -0.2) is 14.6 Å². The molecule has 48 heavy (non-hydrogen) atoms. The Morgan fingerprint density at radius 3 is 2.23 bits per heavy atom. The van der Waals surface area contributed by atoms with Crippen LogP contribution in [0.5, 0.6) is 5.75 Å². The summed E-state index contributed by atoms with van der Waals surface area (Å²) in [4.78, 5) is 54.3. The smallest absolute Gasteiger partial charge is 0.415 e. The molecule has 2 amide bonds. The van der Waals surface area contributed by atoms with Crippen LogP contribution in [0.3, 0.4) is 0 Å². The molecular formula is C36H44N6O5S. The van der Waals surface area contributed by atoms with E-state index in [4.69, 9.17) is 9.72 Å². The molecule has 12 heteroatoms. The van der Waals surface area contributed by atoms with E-state index in [2.05, 4.69) is 10.3 Å². The van der Waals surface area contributed by atoms with Crippen molar-refractivity contribution in [3.63, 3.8) is 0 Å². The topological polar surface area (TPSA) is 128 Å². The monoisotopic (exact) mass is 672 g/mol. The van der Waals surface area contributed by atoms with Crippen molar-refractivity contribution in [2.24, 2.45) is 0 Å². The van der Waals surface area contributed by atoms with E-state index in [0.29, 0.717) is 67.0 Å². The number of ether oxygens (including phenoxy) is 1. The van der Waals surface area contributed by atoms with Crippen molar-refractivity contribution in [2.45, 2.75) is 53.0 Å². The maximum atomic E-state index is 13.9. The summed E-state index contributed by atoms with van der Waals surface area (Å²) < 4.78 is 5.53. The van der Waals surface area contributed by atoms with Crippen LogP contribution in [-0.2, 0) is 17.6 Å². The van der Waals surface area contributed by atoms with E-state index < -0.39 is 18.1 Å². The number of amides is 2. The number of aromatic nitrogens is 2. The molecule has 0 radical (unpaired) electrons. The van der Waals surface area contributed by atoms with Crippen molar-refractivity contribution in [1.82, 2.24) is 14.9 Å². The van der Waals surface area contributed by atoms with Crippen molar-refractivity contribution >= 4 is 46.8 Å². The first kappa shape index (κ1) is 35.9. The number of benzene rings is 2. The molecule has 0 saturated carbocycles. The molecule has 0 aliphatic carbocycles. The Morgan fingerprint density at radius 2 is 1.62 bits per heavy atom. The zero-order valence-electron chi connectivity index (χ0n) is 28.0. The molecule has 254 valence electrons. The van der Waals surface area contributed by atoms with Gasteiger partial charge in [0.2, 0.25) is 5.95 Å². The summed E-state index contributed by atoms with van der Waals surface area (Å²) in [6.07, 6.45) is 2.67. The summed E-state index contributed by atoms with van der Waals surface area (Å²) in [6.45, 7) is 10.6. The molecule has 0 aliphatic heterocycles. The number of nitrogens with zero attached hydrogens (tertiary/aromatic N) is 5. The third-order valence-corrected chi connectivity index (χ3v) is 8.71. The zero-order valence-corrected chi connectivity index (χ0v) is 28.8. The van der Waals surface area contributed by atoms with Crippen molar-refractivity contribution in [2.75, 3.05) is 47.8 Å². The lowest BCUT2D eigenvalue weighted by Gasteiger charge is -2.27. The summed E-state index contributed by atoms with van der Waals surface area (Å²) in [6, 6.07) is 19.2. The lowest BCUT2D eigenvalue weighted by molar-refractivity contribution is -0.137. The van der Waals surface area contributed by atoms with E-state index in [1.807, 2.05) is 74.4 Å². The maximum Gasteiger partial charge on any atom is 0.415 e. The SMILES string of the molecule is CCCN(CC)C(=O)Oc1ccc(CC(Nc2nc(N(CC)CC)ncc2N(CCc2ccccc2)C(=O)c2cccs2)C(=O)O)cc1. The molecule has 0 spiro atoms. The molecule has 0 aliphatic rings. The predicted octanol–water partition coefficient (Wildman–Crippen LogP) is 6.61. The van der Waals surface area contributed by atoms with Gasteiger partial charge in [-0.05, 0) is 68.3 Å². The van der Waals surface area contributed by atoms with Gasteiger partial charge in [-0.3, -0.25) is 4.79 Å². The molecule has 0 saturated heterocycles. The second-order valence-corrected chi connectivity index (χ2v) is 12.0. The summed E-state index contributed by atoms with van der Waals surface area (Å²) in [7, 11) is 0. The summed E-state index contributed by atoms with van der Waals surface area (Å²) in [5.41, 5.74) is 2.16. The number of carbonyl (C=O) groups excluding carboxylic acids is 2. The lowest BCUT2D eigenvalue weighted by atomic mass is 10.1. The summed E-state index contributed by atoms with van der Waals surface area (Å²) >= 11 is 1.34. The molecular weight excluding hydrogens is 629 g/mol. The minimum Gasteiger partial charge on any atom is -0.480 e. The van der Waals surface area contributed by atoms with E-state index in [1.165, 1.54) is 11.3 Å². The van der Waals surface area contributed by atoms with Crippen molar-refractivity contribution in [3.05, 3.63) is 94.3 Å². The van der Waals surface area contributed by atoms with E-state index >= 15 is 0 Å². The van der Waals surface area contributed by atoms with E-state index in [1.54, 1.807) is 46.3 Å². The quantitative estimate of drug-likeness (QED) is 0.127. The van der Waals surface area contributed by atoms with Gasteiger partial charge in [0.15, 0.2) is 5.82 Å². The number of hydrogen-bond donors (Lipinski definition) is 2. The zero-order chi connectivity index (χ0) is 34.5. The molecule has 0 fully saturated rings. The Bertz CT molecular complexity index is 1610. The first-order valence-corrected chi connectivity index (χ1v) is 17.2. The molecule has 11 nitrogen and oxygen atoms in total. The highest BCUT2D eigenvalue weighted by Crippen LogP contribution is 2.30. The molecule has 2 N–H and O–H groups in total. The number of hydrogen-bond acceptors (Lipinski definition) is 9. The van der Waals surface area contributed by atoms with Crippen LogP contribution in [0.25, 0.3) is 0 Å². The first-order valence-electron chi connectivity index (χ1n) is 16.3. The van der Waals surface area contributed by atoms with Crippen LogP contribution in [0, 0.1) is 0 Å². The van der Waals surface area contributed by atoms with Crippen molar-refractivity contribution in [3.8, 4) is 5.75 Å². The van der Waals surface area contributed by atoms with Crippen molar-refractivity contribution < 1.29 is 24.2 Å². The van der Waals surface area contributed by atoms with Crippen LogP contribution in [0.1, 0.15) is 54.9 Å². The Kier molecular flexibility index (Phi) is 13.3. The third-order valence-electron chi connectivity index (χ3n) is 7.85. The number of nitrogens with one attached hydrogen (secondary N) is 1. The largest absolute Gasteiger partial charge is 0.480 e. The van der Waals surface area contributed by atoms with Gasteiger partial charge in [-0.2, -0.15) is 4.98 Å². The van der Waals surface area contributed by atoms with Crippen LogP contribution < -0.4 is 19.9 Å². The molecule has 4 rings (SSSR count). The third kappa shape index (κ3) is 9.54. The van der Waals surface area contributed by atoms with Crippen molar-refractivity contribution in [1.29, 1.82) is 0 Å². The van der Waals surface area contributed by atoms with Gasteiger partial charge in [-0.1, -0.05) is 55.5 Å². The van der Waals surface area contributed by atoms with Gasteiger partial charge in [-0.15, -0.1) is 11.3 Å². The number of carboxylic acids is 1. The molecule has 1 unspecified atom stereocenters. The highest BCUT2D eigenvalue weighted by atomic mass is 32.1. The molecule has 0 bridgehead atoms. The lowest BCUT2D eigenvalue weighted by Crippen LogP contribution is -2.37. The Labute approximate surface area is 286 Å². The van der Waals surface area contributed by atoms with E-state index in [9.17, 15) is 19.5 Å². The fourth-order valence-electron chi connectivity index (χ4n) is 5.19. The van der Waals surface area contributed by atoms with Crippen LogP contribution in [0.15, 0.2) is 78.3 Å². The molecule has 4 aromatic rings. The molecule has 1 atom stereocenters. The summed E-state index contributed by atoms with van der Waals surface area (Å²) in [5.74, 6) is -0.254. The van der Waals surface area contributed by atoms with Crippen LogP contribution >= 0.6 is 11.3 Å². The number of rotatable bonds is 17. The highest BCUT2D eigenvalue weighted by molar-refractivity contribution is 7.12. The van der Waals surface area contributed by atoms with Gasteiger partial charge < -0.3 is 29.9 Å². The van der Waals surface area contributed by atoms with Gasteiger partial charge in [0.05, 0.1) is 11.1 Å². The normalized spacial score (nSPS) is 11.4. The van der Waals surface area contributed by atoms with Gasteiger partial charge in [0.1, 0.15) is 17.5 Å². The predicted molar refractivity (Wildman–Crippen MR) is 190 cm³/mol. The maximum absolute atomic E-state index is 13.9. The fraction of sp³-hybridized carbons (Fsp3) is 0.361. The summed E-state index contributed by atoms with van der Waals surface area (Å²) in [5, 5.41) is 15.3. The average molecular weight is 673 g/mol. The number of carbonyl (C=O) groups is 3. The van der Waals surface area contributed by atoms with E-state index in [0.717, 1.165) is 12.0 Å². The van der Waals surface area contributed by atoms with Crippen LogP contribution in [0.2, 0.25) is 0 Å². The number of thiophene rings is 1.